The second-order valence-electron chi connectivity index (χ2n) is 8.98. The number of hydrazone groups is 1. The van der Waals surface area contributed by atoms with Crippen molar-refractivity contribution in [1.29, 1.82) is 0 Å². The van der Waals surface area contributed by atoms with Gasteiger partial charge in [-0.05, 0) is 79.3 Å². The van der Waals surface area contributed by atoms with Gasteiger partial charge in [-0.1, -0.05) is 12.1 Å². The number of carbonyl (C=O) groups excluding carboxylic acids is 1. The average Bonchev–Trinajstić information content (AvgIpc) is 3.33. The smallest absolute Gasteiger partial charge is 0.410 e. The average molecular weight is 573 g/mol. The number of carbonyl (C=O) groups is 1. The lowest BCUT2D eigenvalue weighted by atomic mass is 10.2. The van der Waals surface area contributed by atoms with Gasteiger partial charge < -0.3 is 19.0 Å². The summed E-state index contributed by atoms with van der Waals surface area (Å²) in [5.41, 5.74) is 6.62. The molecule has 1 aliphatic heterocycles. The lowest BCUT2D eigenvalue weighted by Crippen LogP contribution is -2.50. The van der Waals surface area contributed by atoms with E-state index < -0.39 is 5.60 Å². The van der Waals surface area contributed by atoms with Gasteiger partial charge in [0, 0.05) is 41.0 Å². The Balaban J connectivity index is 1.29. The monoisotopic (exact) mass is 573 g/mol. The topological polar surface area (TPSA) is 83.2 Å². The molecule has 0 aliphatic carbocycles. The van der Waals surface area contributed by atoms with Crippen LogP contribution in [0.3, 0.4) is 0 Å². The van der Waals surface area contributed by atoms with Gasteiger partial charge >= 0.3 is 6.09 Å². The highest BCUT2D eigenvalue weighted by atomic mass is 127. The highest BCUT2D eigenvalue weighted by Gasteiger charge is 2.25. The maximum atomic E-state index is 12.3. The van der Waals surface area contributed by atoms with Crippen molar-refractivity contribution in [3.05, 3.63) is 64.2 Å². The molecule has 1 aliphatic rings. The second kappa shape index (κ2) is 10.5. The number of nitrogens with one attached hydrogen (secondary N) is 1. The van der Waals surface area contributed by atoms with Crippen molar-refractivity contribution in [2.45, 2.75) is 26.4 Å². The normalized spacial score (nSPS) is 14.5. The zero-order chi connectivity index (χ0) is 24.1. The number of anilines is 2. The van der Waals surface area contributed by atoms with Crippen LogP contribution in [0.2, 0.25) is 0 Å². The third kappa shape index (κ3) is 6.28. The number of benzene rings is 2. The quantitative estimate of drug-likeness (QED) is 0.249. The molecule has 1 aromatic heterocycles. The molecule has 1 saturated heterocycles. The highest BCUT2D eigenvalue weighted by molar-refractivity contribution is 14.1. The third-order valence-electron chi connectivity index (χ3n) is 5.26. The molecule has 1 N–H and O–H groups in total. The van der Waals surface area contributed by atoms with Crippen molar-refractivity contribution in [2.75, 3.05) is 36.5 Å². The minimum Gasteiger partial charge on any atom is -0.444 e. The largest absolute Gasteiger partial charge is 0.444 e. The molecular weight excluding hydrogens is 545 g/mol. The van der Waals surface area contributed by atoms with E-state index in [1.807, 2.05) is 51.1 Å². The summed E-state index contributed by atoms with van der Waals surface area (Å²) in [6.45, 7) is 8.51. The molecule has 2 heterocycles. The number of oxazole rings is 1. The molecule has 0 atom stereocenters. The third-order valence-corrected chi connectivity index (χ3v) is 6.16. The van der Waals surface area contributed by atoms with Gasteiger partial charge in [-0.15, -0.1) is 0 Å². The Hall–Kier alpha value is -3.08. The number of halogens is 1. The summed E-state index contributed by atoms with van der Waals surface area (Å²) in [5, 5.41) is 4.36. The Kier molecular flexibility index (Phi) is 7.40. The van der Waals surface area contributed by atoms with Crippen molar-refractivity contribution in [3.63, 3.8) is 0 Å². The van der Waals surface area contributed by atoms with E-state index in [0.717, 1.165) is 44.9 Å². The van der Waals surface area contributed by atoms with Crippen LogP contribution in [0.5, 0.6) is 0 Å². The van der Waals surface area contributed by atoms with E-state index in [2.05, 4.69) is 55.1 Å². The fourth-order valence-corrected chi connectivity index (χ4v) is 4.34. The van der Waals surface area contributed by atoms with E-state index in [1.165, 1.54) is 6.39 Å². The van der Waals surface area contributed by atoms with E-state index in [0.29, 0.717) is 13.1 Å². The standard InChI is InChI=1S/C25H28IN5O3/c1-25(2,3)34-24(32)31-12-10-30(11-13-31)20-7-4-18(5-8-20)15-28-29-19-6-9-21(22(26)14-19)23-16-27-17-33-23/h4-9,14-17,29H,10-13H2,1-3H3/b28-15+. The molecule has 0 saturated carbocycles. The van der Waals surface area contributed by atoms with E-state index in [4.69, 9.17) is 9.15 Å². The summed E-state index contributed by atoms with van der Waals surface area (Å²) in [6, 6.07) is 14.2. The first kappa shape index (κ1) is 24.1. The number of aromatic nitrogens is 1. The second-order valence-corrected chi connectivity index (χ2v) is 10.1. The van der Waals surface area contributed by atoms with Crippen LogP contribution in [0.25, 0.3) is 11.3 Å². The SMILES string of the molecule is CC(C)(C)OC(=O)N1CCN(c2ccc(/C=N/Nc3ccc(-c4cnco4)c(I)c3)cc2)CC1. The number of ether oxygens (including phenoxy) is 1. The van der Waals surface area contributed by atoms with Gasteiger partial charge in [0.25, 0.3) is 0 Å². The van der Waals surface area contributed by atoms with Crippen LogP contribution in [-0.2, 0) is 4.74 Å². The Morgan fingerprint density at radius 1 is 1.15 bits per heavy atom. The first-order valence-corrected chi connectivity index (χ1v) is 12.2. The molecule has 0 radical (unpaired) electrons. The Bertz CT molecular complexity index is 1130. The van der Waals surface area contributed by atoms with Gasteiger partial charge in [0.05, 0.1) is 18.1 Å². The number of piperazine rings is 1. The number of rotatable bonds is 5. The van der Waals surface area contributed by atoms with Crippen LogP contribution in [0.1, 0.15) is 26.3 Å². The predicted octanol–water partition coefficient (Wildman–Crippen LogP) is 5.45. The minimum absolute atomic E-state index is 0.242. The maximum absolute atomic E-state index is 12.3. The molecule has 4 rings (SSSR count). The van der Waals surface area contributed by atoms with E-state index in [-0.39, 0.29) is 6.09 Å². The molecule has 0 unspecified atom stereocenters. The molecule has 8 nitrogen and oxygen atoms in total. The van der Waals surface area contributed by atoms with Crippen LogP contribution < -0.4 is 10.3 Å². The molecular formula is C25H28IN5O3. The lowest BCUT2D eigenvalue weighted by molar-refractivity contribution is 0.0240. The van der Waals surface area contributed by atoms with Gasteiger partial charge in [0.15, 0.2) is 12.2 Å². The number of amides is 1. The van der Waals surface area contributed by atoms with Gasteiger partial charge in [-0.25, -0.2) is 9.78 Å². The predicted molar refractivity (Wildman–Crippen MR) is 142 cm³/mol. The summed E-state index contributed by atoms with van der Waals surface area (Å²) < 4.78 is 11.9. The van der Waals surface area contributed by atoms with E-state index in [1.54, 1.807) is 17.3 Å². The van der Waals surface area contributed by atoms with Crippen molar-refractivity contribution in [2.24, 2.45) is 5.10 Å². The summed E-state index contributed by atoms with van der Waals surface area (Å²) >= 11 is 2.27. The minimum atomic E-state index is -0.472. The molecule has 1 amide bonds. The zero-order valence-electron chi connectivity index (χ0n) is 19.5. The molecule has 0 bridgehead atoms. The van der Waals surface area contributed by atoms with Gasteiger partial charge in [-0.3, -0.25) is 5.43 Å². The number of hydrogen-bond donors (Lipinski definition) is 1. The maximum Gasteiger partial charge on any atom is 0.410 e. The van der Waals surface area contributed by atoms with Crippen LogP contribution in [-0.4, -0.2) is 54.0 Å². The van der Waals surface area contributed by atoms with Crippen LogP contribution in [0, 0.1) is 3.57 Å². The molecule has 9 heteroatoms. The molecule has 1 fully saturated rings. The molecule has 178 valence electrons. The molecule has 0 spiro atoms. The lowest BCUT2D eigenvalue weighted by Gasteiger charge is -2.36. The summed E-state index contributed by atoms with van der Waals surface area (Å²) in [4.78, 5) is 20.3. The van der Waals surface area contributed by atoms with Crippen molar-refractivity contribution in [1.82, 2.24) is 9.88 Å². The van der Waals surface area contributed by atoms with Crippen LogP contribution in [0.15, 0.2) is 64.6 Å². The molecule has 2 aromatic carbocycles. The van der Waals surface area contributed by atoms with Crippen molar-refractivity contribution < 1.29 is 13.9 Å². The first-order valence-electron chi connectivity index (χ1n) is 11.1. The fourth-order valence-electron chi connectivity index (χ4n) is 3.56. The highest BCUT2D eigenvalue weighted by Crippen LogP contribution is 2.27. The summed E-state index contributed by atoms with van der Waals surface area (Å²) in [6.07, 6.45) is 4.68. The van der Waals surface area contributed by atoms with Crippen molar-refractivity contribution in [3.8, 4) is 11.3 Å². The fraction of sp³-hybridized carbons (Fsp3) is 0.320. The van der Waals surface area contributed by atoms with Gasteiger partial charge in [0.1, 0.15) is 5.60 Å². The first-order chi connectivity index (χ1) is 16.3. The Labute approximate surface area is 213 Å². The van der Waals surface area contributed by atoms with Crippen LogP contribution >= 0.6 is 22.6 Å². The molecule has 3 aromatic rings. The Morgan fingerprint density at radius 3 is 2.50 bits per heavy atom. The van der Waals surface area contributed by atoms with Crippen LogP contribution in [0.4, 0.5) is 16.2 Å². The van der Waals surface area contributed by atoms with Crippen molar-refractivity contribution >= 4 is 46.3 Å². The summed E-state index contributed by atoms with van der Waals surface area (Å²) in [5.74, 6) is 0.741. The number of hydrogen-bond acceptors (Lipinski definition) is 7. The zero-order valence-corrected chi connectivity index (χ0v) is 21.7. The van der Waals surface area contributed by atoms with E-state index >= 15 is 0 Å². The van der Waals surface area contributed by atoms with Gasteiger partial charge in [0.2, 0.25) is 0 Å². The Morgan fingerprint density at radius 2 is 1.88 bits per heavy atom. The molecule has 34 heavy (non-hydrogen) atoms. The van der Waals surface area contributed by atoms with E-state index in [9.17, 15) is 4.79 Å². The summed E-state index contributed by atoms with van der Waals surface area (Å²) in [7, 11) is 0. The van der Waals surface area contributed by atoms with Gasteiger partial charge in [-0.2, -0.15) is 5.10 Å². The number of nitrogens with zero attached hydrogens (tertiary/aromatic N) is 4.